The molecule has 2 N–H and O–H groups in total. The van der Waals surface area contributed by atoms with Crippen LogP contribution in [0.15, 0.2) is 35.1 Å². The number of hydrogen-bond donors (Lipinski definition) is 2. The molecule has 1 saturated heterocycles. The third kappa shape index (κ3) is 4.61. The van der Waals surface area contributed by atoms with Gasteiger partial charge in [-0.25, -0.2) is 9.67 Å². The molecule has 2 aromatic heterocycles. The molecule has 1 aliphatic carbocycles. The van der Waals surface area contributed by atoms with E-state index in [1.54, 1.807) is 0 Å². The zero-order valence-corrected chi connectivity index (χ0v) is 19.5. The predicted octanol–water partition coefficient (Wildman–Crippen LogP) is 1.84. The molecule has 0 spiro atoms. The van der Waals surface area contributed by atoms with Crippen LogP contribution in [0.25, 0.3) is 5.69 Å². The van der Waals surface area contributed by atoms with E-state index in [4.69, 9.17) is 9.84 Å². The van der Waals surface area contributed by atoms with Gasteiger partial charge in [0.2, 0.25) is 11.9 Å². The standard InChI is InChI=1S/C25H30N6O3/c1-17-19(24(33)28-25(27-17)30-12-14-34-15-13-30)10-11-23(32)26-16-21-20-8-5-9-22(20)31(29-21)18-6-3-2-4-7-18/h2-4,6-7H,5,8-16H2,1H3,(H,26,32)(H,27,28,33). The first-order valence-electron chi connectivity index (χ1n) is 11.9. The fraction of sp³-hybridized carbons (Fsp3) is 0.440. The number of benzene rings is 1. The van der Waals surface area contributed by atoms with E-state index in [2.05, 4.69) is 15.3 Å². The van der Waals surface area contributed by atoms with Crippen molar-refractivity contribution in [1.29, 1.82) is 0 Å². The van der Waals surface area contributed by atoms with Crippen LogP contribution in [0.1, 0.15) is 41.1 Å². The lowest BCUT2D eigenvalue weighted by molar-refractivity contribution is -0.121. The largest absolute Gasteiger partial charge is 0.378 e. The molecule has 1 aromatic carbocycles. The van der Waals surface area contributed by atoms with Gasteiger partial charge >= 0.3 is 0 Å². The van der Waals surface area contributed by atoms with Crippen molar-refractivity contribution in [2.45, 2.75) is 45.6 Å². The summed E-state index contributed by atoms with van der Waals surface area (Å²) in [6.45, 7) is 4.87. The molecule has 2 aliphatic rings. The van der Waals surface area contributed by atoms with Crippen molar-refractivity contribution >= 4 is 11.9 Å². The molecular weight excluding hydrogens is 432 g/mol. The van der Waals surface area contributed by atoms with Crippen LogP contribution in [0, 0.1) is 6.92 Å². The molecule has 0 unspecified atom stereocenters. The number of aromatic amines is 1. The fourth-order valence-electron chi connectivity index (χ4n) is 4.76. The van der Waals surface area contributed by atoms with Crippen LogP contribution in [-0.2, 0) is 35.3 Å². The lowest BCUT2D eigenvalue weighted by Crippen LogP contribution is -2.38. The normalized spacial score (nSPS) is 15.4. The van der Waals surface area contributed by atoms with Gasteiger partial charge in [-0.15, -0.1) is 0 Å². The molecule has 0 atom stereocenters. The second kappa shape index (κ2) is 9.80. The number of nitrogens with one attached hydrogen (secondary N) is 2. The van der Waals surface area contributed by atoms with Crippen LogP contribution in [0.4, 0.5) is 5.95 Å². The third-order valence-electron chi connectivity index (χ3n) is 6.59. The Balaban J connectivity index is 1.21. The van der Waals surface area contributed by atoms with Crippen molar-refractivity contribution < 1.29 is 9.53 Å². The van der Waals surface area contributed by atoms with Crippen molar-refractivity contribution in [2.24, 2.45) is 0 Å². The Labute approximate surface area is 198 Å². The van der Waals surface area contributed by atoms with Gasteiger partial charge in [-0.3, -0.25) is 14.6 Å². The molecule has 1 amide bonds. The summed E-state index contributed by atoms with van der Waals surface area (Å²) < 4.78 is 7.37. The zero-order chi connectivity index (χ0) is 23.5. The molecule has 0 saturated carbocycles. The van der Waals surface area contributed by atoms with Gasteiger partial charge in [-0.2, -0.15) is 5.10 Å². The summed E-state index contributed by atoms with van der Waals surface area (Å²) in [5, 5.41) is 7.79. The maximum atomic E-state index is 12.7. The van der Waals surface area contributed by atoms with Gasteiger partial charge in [0.05, 0.1) is 31.1 Å². The smallest absolute Gasteiger partial charge is 0.255 e. The highest BCUT2D eigenvalue weighted by molar-refractivity contribution is 5.76. The number of para-hydroxylation sites is 1. The molecular formula is C25H30N6O3. The van der Waals surface area contributed by atoms with E-state index in [0.29, 0.717) is 56.5 Å². The topological polar surface area (TPSA) is 105 Å². The molecule has 5 rings (SSSR count). The number of aromatic nitrogens is 4. The molecule has 0 radical (unpaired) electrons. The van der Waals surface area contributed by atoms with Gasteiger partial charge < -0.3 is 15.0 Å². The number of hydrogen-bond acceptors (Lipinski definition) is 6. The zero-order valence-electron chi connectivity index (χ0n) is 19.5. The van der Waals surface area contributed by atoms with Gasteiger partial charge in [0.15, 0.2) is 0 Å². The summed E-state index contributed by atoms with van der Waals surface area (Å²) in [6.07, 6.45) is 3.67. The van der Waals surface area contributed by atoms with E-state index < -0.39 is 0 Å². The first-order valence-corrected chi connectivity index (χ1v) is 11.9. The number of rotatable bonds is 7. The number of amides is 1. The highest BCUT2D eigenvalue weighted by Gasteiger charge is 2.23. The van der Waals surface area contributed by atoms with Gasteiger partial charge in [-0.1, -0.05) is 18.2 Å². The van der Waals surface area contributed by atoms with Crippen molar-refractivity contribution in [3.05, 3.63) is 68.9 Å². The molecule has 3 aromatic rings. The summed E-state index contributed by atoms with van der Waals surface area (Å²) in [4.78, 5) is 34.7. The average Bonchev–Trinajstić information content (AvgIpc) is 3.46. The molecule has 178 valence electrons. The second-order valence-corrected chi connectivity index (χ2v) is 8.80. The van der Waals surface area contributed by atoms with E-state index in [9.17, 15) is 9.59 Å². The third-order valence-corrected chi connectivity index (χ3v) is 6.59. The van der Waals surface area contributed by atoms with Crippen LogP contribution in [0.2, 0.25) is 0 Å². The van der Waals surface area contributed by atoms with Crippen LogP contribution < -0.4 is 15.8 Å². The minimum absolute atomic E-state index is 0.0999. The Bertz CT molecular complexity index is 1230. The average molecular weight is 463 g/mol. The number of nitrogens with zero attached hydrogens (tertiary/aromatic N) is 4. The number of morpholine rings is 1. The van der Waals surface area contributed by atoms with Gasteiger partial charge in [-0.05, 0) is 50.3 Å². The van der Waals surface area contributed by atoms with Crippen molar-refractivity contribution in [1.82, 2.24) is 25.1 Å². The number of H-pyrrole nitrogens is 1. The van der Waals surface area contributed by atoms with Gasteiger partial charge in [0, 0.05) is 36.5 Å². The van der Waals surface area contributed by atoms with Crippen LogP contribution in [0.5, 0.6) is 0 Å². The fourth-order valence-corrected chi connectivity index (χ4v) is 4.76. The Kier molecular flexibility index (Phi) is 6.44. The Morgan fingerprint density at radius 1 is 1.18 bits per heavy atom. The maximum absolute atomic E-state index is 12.7. The minimum Gasteiger partial charge on any atom is -0.378 e. The lowest BCUT2D eigenvalue weighted by atomic mass is 10.1. The molecule has 9 nitrogen and oxygen atoms in total. The summed E-state index contributed by atoms with van der Waals surface area (Å²) in [7, 11) is 0. The Morgan fingerprint density at radius 2 is 1.97 bits per heavy atom. The highest BCUT2D eigenvalue weighted by atomic mass is 16.5. The molecule has 0 bridgehead atoms. The minimum atomic E-state index is -0.179. The van der Waals surface area contributed by atoms with E-state index in [1.807, 2.05) is 46.8 Å². The Hall–Kier alpha value is -3.46. The quantitative estimate of drug-likeness (QED) is 0.555. The summed E-state index contributed by atoms with van der Waals surface area (Å²) >= 11 is 0. The van der Waals surface area contributed by atoms with Crippen molar-refractivity contribution in [3.63, 3.8) is 0 Å². The SMILES string of the molecule is Cc1nc(N2CCOCC2)[nH]c(=O)c1CCC(=O)NCc1nn(-c2ccccc2)c2c1CCC2. The number of ether oxygens (including phenoxy) is 1. The molecule has 1 aliphatic heterocycles. The van der Waals surface area contributed by atoms with Crippen LogP contribution >= 0.6 is 0 Å². The summed E-state index contributed by atoms with van der Waals surface area (Å²) in [6, 6.07) is 10.1. The number of fused-ring (bicyclic) bond motifs is 1. The van der Waals surface area contributed by atoms with Crippen molar-refractivity contribution in [2.75, 3.05) is 31.2 Å². The molecule has 3 heterocycles. The molecule has 34 heavy (non-hydrogen) atoms. The lowest BCUT2D eigenvalue weighted by Gasteiger charge is -2.27. The van der Waals surface area contributed by atoms with E-state index in [1.165, 1.54) is 11.3 Å². The molecule has 9 heteroatoms. The van der Waals surface area contributed by atoms with Gasteiger partial charge in [0.1, 0.15) is 0 Å². The number of carbonyl (C=O) groups is 1. The van der Waals surface area contributed by atoms with E-state index >= 15 is 0 Å². The highest BCUT2D eigenvalue weighted by Crippen LogP contribution is 2.27. The second-order valence-electron chi connectivity index (χ2n) is 8.80. The maximum Gasteiger partial charge on any atom is 0.255 e. The first kappa shape index (κ1) is 22.3. The van der Waals surface area contributed by atoms with E-state index in [0.717, 1.165) is 30.6 Å². The molecule has 1 fully saturated rings. The van der Waals surface area contributed by atoms with Gasteiger partial charge in [0.25, 0.3) is 5.56 Å². The number of anilines is 1. The van der Waals surface area contributed by atoms with Crippen molar-refractivity contribution in [3.8, 4) is 5.69 Å². The van der Waals surface area contributed by atoms with Crippen LogP contribution in [0.3, 0.4) is 0 Å². The van der Waals surface area contributed by atoms with E-state index in [-0.39, 0.29) is 17.9 Å². The summed E-state index contributed by atoms with van der Waals surface area (Å²) in [5.74, 6) is 0.471. The Morgan fingerprint density at radius 3 is 2.74 bits per heavy atom. The number of carbonyl (C=O) groups excluding carboxylic acids is 1. The predicted molar refractivity (Wildman–Crippen MR) is 128 cm³/mol. The summed E-state index contributed by atoms with van der Waals surface area (Å²) in [5.41, 5.74) is 5.50. The monoisotopic (exact) mass is 462 g/mol. The van der Waals surface area contributed by atoms with Crippen LogP contribution in [-0.4, -0.2) is 52.0 Å². The number of aryl methyl sites for hydroxylation is 1. The first-order chi connectivity index (χ1) is 16.6.